The predicted molar refractivity (Wildman–Crippen MR) is 128 cm³/mol. The number of aromatic nitrogens is 4. The van der Waals surface area contributed by atoms with Crippen molar-refractivity contribution in [2.45, 2.75) is 38.3 Å². The molecule has 7 nitrogen and oxygen atoms in total. The molecule has 2 aromatic carbocycles. The number of hydrogen-bond acceptors (Lipinski definition) is 5. The number of hydrogen-bond donors (Lipinski definition) is 2. The first kappa shape index (κ1) is 21.8. The average Bonchev–Trinajstić information content (AvgIpc) is 3.25. The monoisotopic (exact) mass is 447 g/mol. The van der Waals surface area contributed by atoms with Crippen molar-refractivity contribution in [3.05, 3.63) is 76.1 Å². The molecule has 0 spiro atoms. The number of rotatable bonds is 7. The number of carbonyl (C=O) groups is 1. The number of amides is 1. The van der Waals surface area contributed by atoms with E-state index in [9.17, 15) is 9.59 Å². The molecule has 0 saturated carbocycles. The van der Waals surface area contributed by atoms with E-state index in [-0.39, 0.29) is 17.2 Å². The number of nitrogens with zero attached hydrogens (tertiary/aromatic N) is 3. The average molecular weight is 448 g/mol. The van der Waals surface area contributed by atoms with Crippen LogP contribution >= 0.6 is 11.8 Å². The highest BCUT2D eigenvalue weighted by Crippen LogP contribution is 2.24. The summed E-state index contributed by atoms with van der Waals surface area (Å²) in [7, 11) is 0. The number of benzene rings is 2. The van der Waals surface area contributed by atoms with Gasteiger partial charge in [0.2, 0.25) is 11.1 Å². The Morgan fingerprint density at radius 3 is 2.66 bits per heavy atom. The third-order valence-electron chi connectivity index (χ3n) is 5.20. The molecule has 0 saturated heterocycles. The summed E-state index contributed by atoms with van der Waals surface area (Å²) >= 11 is 1.22. The highest BCUT2D eigenvalue weighted by atomic mass is 32.2. The second-order valence-electron chi connectivity index (χ2n) is 7.83. The highest BCUT2D eigenvalue weighted by Gasteiger charge is 2.14. The molecule has 0 aliphatic rings. The van der Waals surface area contributed by atoms with E-state index in [4.69, 9.17) is 0 Å². The van der Waals surface area contributed by atoms with E-state index in [0.29, 0.717) is 22.3 Å². The molecule has 2 N–H and O–H groups in total. The zero-order valence-corrected chi connectivity index (χ0v) is 19.1. The molecule has 8 heteroatoms. The van der Waals surface area contributed by atoms with E-state index in [2.05, 4.69) is 53.5 Å². The number of anilines is 1. The zero-order valence-electron chi connectivity index (χ0n) is 18.3. The molecule has 0 bridgehead atoms. The van der Waals surface area contributed by atoms with Crippen molar-refractivity contribution >= 4 is 28.9 Å². The Morgan fingerprint density at radius 1 is 1.16 bits per heavy atom. The molecule has 0 aliphatic carbocycles. The lowest BCUT2D eigenvalue weighted by atomic mass is 10.0. The van der Waals surface area contributed by atoms with E-state index in [0.717, 1.165) is 23.2 Å². The maximum absolute atomic E-state index is 12.4. The van der Waals surface area contributed by atoms with E-state index in [1.54, 1.807) is 6.07 Å². The molecule has 0 fully saturated rings. The molecule has 0 unspecified atom stereocenters. The maximum atomic E-state index is 12.4. The quantitative estimate of drug-likeness (QED) is 0.407. The molecule has 2 aromatic heterocycles. The maximum Gasteiger partial charge on any atom is 0.290 e. The third kappa shape index (κ3) is 4.75. The van der Waals surface area contributed by atoms with Gasteiger partial charge in [0.15, 0.2) is 0 Å². The van der Waals surface area contributed by atoms with Gasteiger partial charge in [-0.2, -0.15) is 5.10 Å². The number of nitrogens with one attached hydrogen (secondary N) is 2. The van der Waals surface area contributed by atoms with Crippen LogP contribution in [0.25, 0.3) is 16.8 Å². The van der Waals surface area contributed by atoms with E-state index in [1.165, 1.54) is 21.8 Å². The first-order valence-electron chi connectivity index (χ1n) is 10.5. The van der Waals surface area contributed by atoms with Crippen LogP contribution in [-0.2, 0) is 11.2 Å². The predicted octanol–water partition coefficient (Wildman–Crippen LogP) is 4.50. The van der Waals surface area contributed by atoms with Crippen LogP contribution in [0.4, 0.5) is 5.69 Å². The fourth-order valence-corrected chi connectivity index (χ4v) is 4.07. The number of carbonyl (C=O) groups excluding carboxylic acids is 1. The zero-order chi connectivity index (χ0) is 22.7. The standard InChI is InChI=1S/C24H25N5O2S/c1-4-16-6-5-7-19(12-16)25-22(30)14-32-24-27-26-23(31)21-13-20(28-29(21)24)18-10-8-17(9-11-18)15(2)3/h5-13,15H,4,14H2,1-3H3,(H,25,30)(H,26,31). The number of fused-ring (bicyclic) bond motifs is 1. The van der Waals surface area contributed by atoms with Crippen molar-refractivity contribution in [2.75, 3.05) is 11.1 Å². The van der Waals surface area contributed by atoms with Gasteiger partial charge in [-0.15, -0.1) is 5.10 Å². The van der Waals surface area contributed by atoms with Crippen molar-refractivity contribution in [3.8, 4) is 11.3 Å². The van der Waals surface area contributed by atoms with Crippen molar-refractivity contribution < 1.29 is 4.79 Å². The Morgan fingerprint density at radius 2 is 1.94 bits per heavy atom. The van der Waals surface area contributed by atoms with Crippen molar-refractivity contribution in [2.24, 2.45) is 0 Å². The first-order chi connectivity index (χ1) is 15.4. The lowest BCUT2D eigenvalue weighted by Crippen LogP contribution is -2.17. The van der Waals surface area contributed by atoms with Gasteiger partial charge in [0.1, 0.15) is 5.52 Å². The molecule has 0 radical (unpaired) electrons. The lowest BCUT2D eigenvalue weighted by Gasteiger charge is -2.07. The molecule has 4 rings (SSSR count). The first-order valence-corrected chi connectivity index (χ1v) is 11.5. The van der Waals surface area contributed by atoms with Gasteiger partial charge in [0, 0.05) is 11.3 Å². The minimum absolute atomic E-state index is 0.142. The Bertz CT molecular complexity index is 1310. The van der Waals surface area contributed by atoms with Crippen LogP contribution in [-0.4, -0.2) is 31.5 Å². The largest absolute Gasteiger partial charge is 0.325 e. The smallest absolute Gasteiger partial charge is 0.290 e. The normalized spacial score (nSPS) is 11.2. The molecular weight excluding hydrogens is 422 g/mol. The Balaban J connectivity index is 1.53. The number of aryl methyl sites for hydroxylation is 1. The fourth-order valence-electron chi connectivity index (χ4n) is 3.36. The van der Waals surface area contributed by atoms with Crippen molar-refractivity contribution in [1.29, 1.82) is 0 Å². The van der Waals surface area contributed by atoms with E-state index >= 15 is 0 Å². The SMILES string of the molecule is CCc1cccc(NC(=O)CSc2n[nH]c(=O)c3cc(-c4ccc(C(C)C)cc4)nn23)c1. The number of thioether (sulfide) groups is 1. The summed E-state index contributed by atoms with van der Waals surface area (Å²) in [6, 6.07) is 17.7. The molecular formula is C24H25N5O2S. The van der Waals surface area contributed by atoms with Crippen LogP contribution in [0.15, 0.2) is 64.5 Å². The van der Waals surface area contributed by atoms with E-state index in [1.807, 2.05) is 36.4 Å². The summed E-state index contributed by atoms with van der Waals surface area (Å²) in [5.74, 6) is 0.430. The summed E-state index contributed by atoms with van der Waals surface area (Å²) in [5, 5.41) is 14.5. The molecule has 0 aliphatic heterocycles. The lowest BCUT2D eigenvalue weighted by molar-refractivity contribution is -0.113. The van der Waals surface area contributed by atoms with Gasteiger partial charge in [-0.1, -0.05) is 68.9 Å². The van der Waals surface area contributed by atoms with Crippen LogP contribution in [0.2, 0.25) is 0 Å². The van der Waals surface area contributed by atoms with Crippen molar-refractivity contribution in [1.82, 2.24) is 19.8 Å². The van der Waals surface area contributed by atoms with Gasteiger partial charge in [0.25, 0.3) is 5.56 Å². The van der Waals surface area contributed by atoms with Crippen LogP contribution < -0.4 is 10.9 Å². The molecule has 2 heterocycles. The Hall–Kier alpha value is -3.39. The van der Waals surface area contributed by atoms with Crippen LogP contribution in [0.3, 0.4) is 0 Å². The summed E-state index contributed by atoms with van der Waals surface area (Å²) < 4.78 is 1.50. The van der Waals surface area contributed by atoms with Gasteiger partial charge in [0.05, 0.1) is 11.4 Å². The summed E-state index contributed by atoms with van der Waals surface area (Å²) in [6.45, 7) is 6.36. The Labute approximate surface area is 190 Å². The number of aromatic amines is 1. The van der Waals surface area contributed by atoms with Gasteiger partial charge in [-0.3, -0.25) is 9.59 Å². The van der Waals surface area contributed by atoms with Gasteiger partial charge in [-0.25, -0.2) is 9.61 Å². The van der Waals surface area contributed by atoms with Gasteiger partial charge in [-0.05, 0) is 41.7 Å². The van der Waals surface area contributed by atoms with Gasteiger partial charge >= 0.3 is 0 Å². The molecule has 164 valence electrons. The summed E-state index contributed by atoms with van der Waals surface area (Å²) in [5.41, 5.74) is 4.83. The van der Waals surface area contributed by atoms with Crippen LogP contribution in [0, 0.1) is 0 Å². The summed E-state index contributed by atoms with van der Waals surface area (Å²) in [4.78, 5) is 24.7. The Kier molecular flexibility index (Phi) is 6.41. The van der Waals surface area contributed by atoms with Crippen LogP contribution in [0.1, 0.15) is 37.8 Å². The minimum Gasteiger partial charge on any atom is -0.325 e. The second kappa shape index (κ2) is 9.40. The van der Waals surface area contributed by atoms with Crippen LogP contribution in [0.5, 0.6) is 0 Å². The van der Waals surface area contributed by atoms with E-state index < -0.39 is 0 Å². The highest BCUT2D eigenvalue weighted by molar-refractivity contribution is 7.99. The molecule has 1 amide bonds. The third-order valence-corrected chi connectivity index (χ3v) is 6.13. The molecule has 0 atom stereocenters. The van der Waals surface area contributed by atoms with Gasteiger partial charge < -0.3 is 5.32 Å². The summed E-state index contributed by atoms with van der Waals surface area (Å²) in [6.07, 6.45) is 0.902. The molecule has 32 heavy (non-hydrogen) atoms. The minimum atomic E-state index is -0.326. The van der Waals surface area contributed by atoms with Crippen molar-refractivity contribution in [3.63, 3.8) is 0 Å². The molecule has 4 aromatic rings. The number of H-pyrrole nitrogens is 1. The topological polar surface area (TPSA) is 92.1 Å². The second-order valence-corrected chi connectivity index (χ2v) is 8.77. The fraction of sp³-hybridized carbons (Fsp3) is 0.250.